The Morgan fingerprint density at radius 3 is 2.23 bits per heavy atom. The molecule has 22 heavy (non-hydrogen) atoms. The summed E-state index contributed by atoms with van der Waals surface area (Å²) in [4.78, 5) is 32.0. The van der Waals surface area contributed by atoms with Crippen molar-refractivity contribution < 1.29 is 14.6 Å². The van der Waals surface area contributed by atoms with Crippen LogP contribution in [0.2, 0.25) is 0 Å². The molecule has 11 nitrogen and oxygen atoms in total. The van der Waals surface area contributed by atoms with Gasteiger partial charge < -0.3 is 0 Å². The summed E-state index contributed by atoms with van der Waals surface area (Å²) >= 11 is 0. The molecule has 0 aliphatic rings. The van der Waals surface area contributed by atoms with E-state index in [0.29, 0.717) is 5.69 Å². The number of hydrazine groups is 1. The molecule has 2 aromatic rings. The van der Waals surface area contributed by atoms with E-state index in [1.807, 2.05) is 5.43 Å². The number of hydrogen-bond donors (Lipinski definition) is 3. The van der Waals surface area contributed by atoms with Gasteiger partial charge in [0.2, 0.25) is 0 Å². The molecule has 4 N–H and O–H groups in total. The Bertz CT molecular complexity index is 751. The number of benzene rings is 1. The molecular weight excluding hydrogens is 296 g/mol. The number of carbonyl (C=O) groups excluding carboxylic acids is 1. The molecule has 0 fully saturated rings. The third-order valence-corrected chi connectivity index (χ3v) is 2.90. The van der Waals surface area contributed by atoms with Gasteiger partial charge in [-0.15, -0.1) is 0 Å². The van der Waals surface area contributed by atoms with Crippen molar-refractivity contribution >= 4 is 17.3 Å². The van der Waals surface area contributed by atoms with Crippen LogP contribution in [0.15, 0.2) is 18.2 Å². The fourth-order valence-electron chi connectivity index (χ4n) is 1.93. The van der Waals surface area contributed by atoms with Gasteiger partial charge in [0.15, 0.2) is 0 Å². The first-order valence-corrected chi connectivity index (χ1v) is 5.85. The van der Waals surface area contributed by atoms with Crippen LogP contribution >= 0.6 is 0 Å². The molecule has 0 unspecified atom stereocenters. The largest absolute Gasteiger partial charge is 0.290 e. The van der Waals surface area contributed by atoms with Crippen molar-refractivity contribution in [2.24, 2.45) is 5.84 Å². The third kappa shape index (κ3) is 2.60. The van der Waals surface area contributed by atoms with Crippen LogP contribution in [-0.4, -0.2) is 26.0 Å². The summed E-state index contributed by atoms with van der Waals surface area (Å²) in [5.41, 5.74) is 1.48. The molecule has 0 aliphatic carbocycles. The Labute approximate surface area is 122 Å². The molecule has 2 rings (SSSR count). The first-order chi connectivity index (χ1) is 10.3. The molecule has 0 atom stereocenters. The van der Waals surface area contributed by atoms with Crippen LogP contribution in [0.3, 0.4) is 0 Å². The van der Waals surface area contributed by atoms with Crippen molar-refractivity contribution in [3.05, 3.63) is 49.7 Å². The second kappa shape index (κ2) is 5.57. The Kier molecular flexibility index (Phi) is 3.81. The summed E-state index contributed by atoms with van der Waals surface area (Å²) in [6, 6.07) is 3.01. The van der Waals surface area contributed by atoms with E-state index in [9.17, 15) is 25.0 Å². The van der Waals surface area contributed by atoms with E-state index in [1.54, 1.807) is 6.92 Å². The van der Waals surface area contributed by atoms with Gasteiger partial charge in [0.25, 0.3) is 17.3 Å². The molecule has 0 radical (unpaired) electrons. The summed E-state index contributed by atoms with van der Waals surface area (Å²) in [6.45, 7) is 1.55. The minimum absolute atomic E-state index is 0.0345. The van der Waals surface area contributed by atoms with Crippen molar-refractivity contribution in [1.29, 1.82) is 0 Å². The van der Waals surface area contributed by atoms with Gasteiger partial charge >= 0.3 is 0 Å². The summed E-state index contributed by atoms with van der Waals surface area (Å²) in [5, 5.41) is 28.2. The zero-order valence-corrected chi connectivity index (χ0v) is 11.2. The number of non-ortho nitro benzene ring substituents is 2. The molecule has 1 amide bonds. The maximum Gasteiger partial charge on any atom is 0.276 e. The van der Waals surface area contributed by atoms with E-state index < -0.39 is 27.1 Å². The quantitative estimate of drug-likeness (QED) is 0.324. The Morgan fingerprint density at radius 1 is 1.23 bits per heavy atom. The number of carbonyl (C=O) groups is 1. The normalized spacial score (nSPS) is 10.3. The summed E-state index contributed by atoms with van der Waals surface area (Å²) < 4.78 is 0. The lowest BCUT2D eigenvalue weighted by Gasteiger charge is -2.03. The van der Waals surface area contributed by atoms with Gasteiger partial charge in [0.1, 0.15) is 5.69 Å². The average molecular weight is 306 g/mol. The highest BCUT2D eigenvalue weighted by Crippen LogP contribution is 2.31. The van der Waals surface area contributed by atoms with E-state index in [0.717, 1.165) is 18.2 Å². The lowest BCUT2D eigenvalue weighted by molar-refractivity contribution is -0.394. The maximum atomic E-state index is 11.8. The predicted octanol–water partition coefficient (Wildman–Crippen LogP) is 0.805. The molecule has 1 aromatic heterocycles. The molecule has 1 heterocycles. The number of nitrogens with one attached hydrogen (secondary N) is 2. The number of rotatable bonds is 4. The molecule has 0 aliphatic heterocycles. The van der Waals surface area contributed by atoms with Crippen molar-refractivity contribution in [2.45, 2.75) is 6.92 Å². The van der Waals surface area contributed by atoms with Crippen LogP contribution in [0.25, 0.3) is 11.3 Å². The van der Waals surface area contributed by atoms with Gasteiger partial charge in [-0.1, -0.05) is 0 Å². The molecule has 0 bridgehead atoms. The van der Waals surface area contributed by atoms with Gasteiger partial charge in [-0.2, -0.15) is 5.10 Å². The van der Waals surface area contributed by atoms with E-state index >= 15 is 0 Å². The van der Waals surface area contributed by atoms with Crippen LogP contribution < -0.4 is 11.3 Å². The first-order valence-electron chi connectivity index (χ1n) is 5.85. The lowest BCUT2D eigenvalue weighted by atomic mass is 10.0. The smallest absolute Gasteiger partial charge is 0.276 e. The zero-order chi connectivity index (χ0) is 16.4. The van der Waals surface area contributed by atoms with E-state index in [-0.39, 0.29) is 16.8 Å². The minimum Gasteiger partial charge on any atom is -0.290 e. The number of aryl methyl sites for hydroxylation is 1. The number of H-pyrrole nitrogens is 1. The van der Waals surface area contributed by atoms with Crippen molar-refractivity contribution in [2.75, 3.05) is 0 Å². The SMILES string of the molecule is Cc1[nH]nc(-c2cc([N+](=O)[O-])cc([N+](=O)[O-])c2)c1C(=O)NN. The Morgan fingerprint density at radius 2 is 1.77 bits per heavy atom. The fraction of sp³-hybridized carbons (Fsp3) is 0.0909. The molecule has 0 saturated heterocycles. The van der Waals surface area contributed by atoms with Gasteiger partial charge in [-0.05, 0) is 6.92 Å². The fourth-order valence-corrected chi connectivity index (χ4v) is 1.93. The molecule has 0 saturated carbocycles. The number of nitrogen functional groups attached to an aromatic ring is 1. The highest BCUT2D eigenvalue weighted by atomic mass is 16.6. The summed E-state index contributed by atoms with van der Waals surface area (Å²) in [7, 11) is 0. The minimum atomic E-state index is -0.765. The second-order valence-electron chi connectivity index (χ2n) is 4.30. The van der Waals surface area contributed by atoms with Crippen LogP contribution in [0.1, 0.15) is 16.1 Å². The van der Waals surface area contributed by atoms with Gasteiger partial charge in [-0.3, -0.25) is 35.5 Å². The number of aromatic amines is 1. The third-order valence-electron chi connectivity index (χ3n) is 2.90. The molecule has 0 spiro atoms. The predicted molar refractivity (Wildman–Crippen MR) is 73.7 cm³/mol. The number of amides is 1. The van der Waals surface area contributed by atoms with E-state index in [1.165, 1.54) is 0 Å². The second-order valence-corrected chi connectivity index (χ2v) is 4.30. The summed E-state index contributed by atoms with van der Waals surface area (Å²) in [6.07, 6.45) is 0. The standard InChI is InChI=1S/C11H10N6O5/c1-5-9(11(18)13-12)10(15-14-5)6-2-7(16(19)20)4-8(3-6)17(21)22/h2-4H,12H2,1H3,(H,13,18)(H,14,15). The van der Waals surface area contributed by atoms with Gasteiger partial charge in [-0.25, -0.2) is 5.84 Å². The lowest BCUT2D eigenvalue weighted by Crippen LogP contribution is -2.30. The van der Waals surface area contributed by atoms with Crippen molar-refractivity contribution in [3.8, 4) is 11.3 Å². The highest BCUT2D eigenvalue weighted by molar-refractivity contribution is 6.01. The number of nitro groups is 2. The molecule has 1 aromatic carbocycles. The Hall–Kier alpha value is -3.34. The number of nitrogens with zero attached hydrogens (tertiary/aromatic N) is 3. The van der Waals surface area contributed by atoms with Crippen molar-refractivity contribution in [3.63, 3.8) is 0 Å². The molecule has 114 valence electrons. The van der Waals surface area contributed by atoms with Crippen molar-refractivity contribution in [1.82, 2.24) is 15.6 Å². The van der Waals surface area contributed by atoms with Gasteiger partial charge in [0.05, 0.1) is 21.5 Å². The van der Waals surface area contributed by atoms with E-state index in [2.05, 4.69) is 10.2 Å². The molecular formula is C11H10N6O5. The summed E-state index contributed by atoms with van der Waals surface area (Å²) in [5.74, 6) is 4.41. The zero-order valence-electron chi connectivity index (χ0n) is 11.2. The maximum absolute atomic E-state index is 11.8. The number of hydrogen-bond acceptors (Lipinski definition) is 7. The Balaban J connectivity index is 2.70. The van der Waals surface area contributed by atoms with Crippen LogP contribution in [0, 0.1) is 27.2 Å². The monoisotopic (exact) mass is 306 g/mol. The average Bonchev–Trinajstić information content (AvgIpc) is 2.87. The van der Waals surface area contributed by atoms with E-state index in [4.69, 9.17) is 5.84 Å². The number of nitro benzene ring substituents is 2. The number of nitrogens with two attached hydrogens (primary N) is 1. The van der Waals surface area contributed by atoms with Gasteiger partial charge in [0, 0.05) is 23.4 Å². The van der Waals surface area contributed by atoms with Crippen LogP contribution in [0.4, 0.5) is 11.4 Å². The highest BCUT2D eigenvalue weighted by Gasteiger charge is 2.23. The molecule has 11 heteroatoms. The number of aromatic nitrogens is 2. The van der Waals surface area contributed by atoms with Crippen LogP contribution in [-0.2, 0) is 0 Å². The topological polar surface area (TPSA) is 170 Å². The van der Waals surface area contributed by atoms with Crippen LogP contribution in [0.5, 0.6) is 0 Å². The first kappa shape index (κ1) is 15.1.